The molecule has 0 aromatic heterocycles. The Kier molecular flexibility index (Phi) is 6.64. The van der Waals surface area contributed by atoms with Crippen molar-refractivity contribution in [3.05, 3.63) is 0 Å². The summed E-state index contributed by atoms with van der Waals surface area (Å²) in [7, 11) is 0. The van der Waals surface area contributed by atoms with E-state index in [1.807, 2.05) is 0 Å². The molecule has 1 unspecified atom stereocenters. The van der Waals surface area contributed by atoms with Crippen LogP contribution in [0.25, 0.3) is 0 Å². The van der Waals surface area contributed by atoms with Crippen molar-refractivity contribution in [1.29, 1.82) is 0 Å². The lowest BCUT2D eigenvalue weighted by atomic mass is 10.2. The minimum atomic E-state index is -1.16. The predicted molar refractivity (Wildman–Crippen MR) is 52.4 cm³/mol. The molecule has 0 fully saturated rings. The lowest BCUT2D eigenvalue weighted by molar-refractivity contribution is -0.143. The zero-order valence-corrected chi connectivity index (χ0v) is 8.90. The molecule has 0 heterocycles. The normalized spacial score (nSPS) is 12.5. The van der Waals surface area contributed by atoms with Gasteiger partial charge in [-0.15, -0.1) is 0 Å². The quantitative estimate of drug-likeness (QED) is 0.529. The SMILES string of the molecule is CC(C)OCC(=O)NC(CCO)C(=O)O. The number of nitrogens with one attached hydrogen (secondary N) is 1. The number of carbonyl (C=O) groups is 2. The third-order valence-electron chi connectivity index (χ3n) is 1.60. The van der Waals surface area contributed by atoms with E-state index in [1.165, 1.54) is 0 Å². The molecule has 0 aliphatic carbocycles. The van der Waals surface area contributed by atoms with Gasteiger partial charge < -0.3 is 20.3 Å². The van der Waals surface area contributed by atoms with E-state index >= 15 is 0 Å². The Morgan fingerprint density at radius 3 is 2.40 bits per heavy atom. The molecule has 15 heavy (non-hydrogen) atoms. The van der Waals surface area contributed by atoms with E-state index in [4.69, 9.17) is 14.9 Å². The monoisotopic (exact) mass is 219 g/mol. The molecular formula is C9H17NO5. The minimum Gasteiger partial charge on any atom is -0.480 e. The fourth-order valence-corrected chi connectivity index (χ4v) is 0.865. The van der Waals surface area contributed by atoms with Crippen molar-refractivity contribution >= 4 is 11.9 Å². The van der Waals surface area contributed by atoms with Crippen LogP contribution in [0.5, 0.6) is 0 Å². The number of aliphatic hydroxyl groups excluding tert-OH is 1. The first-order valence-electron chi connectivity index (χ1n) is 4.72. The molecule has 0 aromatic carbocycles. The van der Waals surface area contributed by atoms with Crippen LogP contribution < -0.4 is 5.32 Å². The van der Waals surface area contributed by atoms with Crippen molar-refractivity contribution in [3.8, 4) is 0 Å². The largest absolute Gasteiger partial charge is 0.480 e. The number of carboxylic acids is 1. The smallest absolute Gasteiger partial charge is 0.326 e. The van der Waals surface area contributed by atoms with E-state index in [0.29, 0.717) is 0 Å². The maximum atomic E-state index is 11.2. The second kappa shape index (κ2) is 7.19. The third-order valence-corrected chi connectivity index (χ3v) is 1.60. The van der Waals surface area contributed by atoms with Gasteiger partial charge in [0.15, 0.2) is 0 Å². The molecule has 0 aromatic rings. The molecule has 0 aliphatic rings. The van der Waals surface area contributed by atoms with Crippen molar-refractivity contribution < 1.29 is 24.5 Å². The molecule has 0 saturated carbocycles. The van der Waals surface area contributed by atoms with Crippen LogP contribution in [0, 0.1) is 0 Å². The molecule has 6 heteroatoms. The van der Waals surface area contributed by atoms with Gasteiger partial charge in [-0.05, 0) is 13.8 Å². The van der Waals surface area contributed by atoms with E-state index in [9.17, 15) is 9.59 Å². The predicted octanol–water partition coefficient (Wildman–Crippen LogP) is -0.637. The number of hydrogen-bond acceptors (Lipinski definition) is 4. The fraction of sp³-hybridized carbons (Fsp3) is 0.778. The van der Waals surface area contributed by atoms with Crippen molar-refractivity contribution in [2.75, 3.05) is 13.2 Å². The van der Waals surface area contributed by atoms with Crippen LogP contribution in [0.4, 0.5) is 0 Å². The summed E-state index contributed by atoms with van der Waals surface area (Å²) in [5.74, 6) is -1.66. The van der Waals surface area contributed by atoms with E-state index in [0.717, 1.165) is 0 Å². The first kappa shape index (κ1) is 13.9. The van der Waals surface area contributed by atoms with Crippen molar-refractivity contribution in [3.63, 3.8) is 0 Å². The van der Waals surface area contributed by atoms with Gasteiger partial charge in [-0.25, -0.2) is 4.79 Å². The van der Waals surface area contributed by atoms with Gasteiger partial charge in [0.25, 0.3) is 0 Å². The molecule has 1 atom stereocenters. The molecule has 0 aliphatic heterocycles. The van der Waals surface area contributed by atoms with Crippen LogP contribution in [0.2, 0.25) is 0 Å². The highest BCUT2D eigenvalue weighted by Crippen LogP contribution is 1.93. The summed E-state index contributed by atoms with van der Waals surface area (Å²) in [6, 6.07) is -1.06. The Morgan fingerprint density at radius 2 is 2.00 bits per heavy atom. The Bertz CT molecular complexity index is 217. The number of carbonyl (C=O) groups excluding carboxylic acids is 1. The number of aliphatic hydroxyl groups is 1. The van der Waals surface area contributed by atoms with Crippen molar-refractivity contribution in [2.45, 2.75) is 32.4 Å². The number of carboxylic acid groups (broad SMARTS) is 1. The standard InChI is InChI=1S/C9H17NO5/c1-6(2)15-5-8(12)10-7(3-4-11)9(13)14/h6-7,11H,3-5H2,1-2H3,(H,10,12)(H,13,14). The first-order valence-corrected chi connectivity index (χ1v) is 4.72. The zero-order chi connectivity index (χ0) is 11.8. The van der Waals surface area contributed by atoms with Gasteiger partial charge in [0, 0.05) is 13.0 Å². The van der Waals surface area contributed by atoms with Gasteiger partial charge in [-0.2, -0.15) is 0 Å². The average molecular weight is 219 g/mol. The summed E-state index contributed by atoms with van der Waals surface area (Å²) in [6.07, 6.45) is -0.0974. The van der Waals surface area contributed by atoms with Crippen LogP contribution in [0.15, 0.2) is 0 Å². The number of rotatable bonds is 7. The number of ether oxygens (including phenoxy) is 1. The van der Waals surface area contributed by atoms with Gasteiger partial charge in [0.1, 0.15) is 12.6 Å². The van der Waals surface area contributed by atoms with E-state index in [2.05, 4.69) is 5.32 Å². The molecule has 0 bridgehead atoms. The number of amides is 1. The second-order valence-electron chi connectivity index (χ2n) is 3.33. The summed E-state index contributed by atoms with van der Waals surface area (Å²) in [6.45, 7) is 3.08. The Morgan fingerprint density at radius 1 is 1.40 bits per heavy atom. The molecule has 0 spiro atoms. The van der Waals surface area contributed by atoms with E-state index in [-0.39, 0.29) is 25.7 Å². The lowest BCUT2D eigenvalue weighted by Gasteiger charge is -2.14. The molecule has 1 amide bonds. The minimum absolute atomic E-state index is 0.0112. The molecule has 0 rings (SSSR count). The average Bonchev–Trinajstić information content (AvgIpc) is 2.14. The summed E-state index contributed by atoms with van der Waals surface area (Å²) >= 11 is 0. The fourth-order valence-electron chi connectivity index (χ4n) is 0.865. The molecule has 88 valence electrons. The van der Waals surface area contributed by atoms with Crippen molar-refractivity contribution in [1.82, 2.24) is 5.32 Å². The molecule has 0 saturated heterocycles. The summed E-state index contributed by atoms with van der Waals surface area (Å²) < 4.78 is 4.99. The van der Waals surface area contributed by atoms with Gasteiger partial charge in [0.05, 0.1) is 6.10 Å². The van der Waals surface area contributed by atoms with E-state index in [1.54, 1.807) is 13.8 Å². The summed E-state index contributed by atoms with van der Waals surface area (Å²) in [4.78, 5) is 21.8. The van der Waals surface area contributed by atoms with Crippen LogP contribution in [0.1, 0.15) is 20.3 Å². The highest BCUT2D eigenvalue weighted by Gasteiger charge is 2.19. The van der Waals surface area contributed by atoms with Gasteiger partial charge >= 0.3 is 5.97 Å². The zero-order valence-electron chi connectivity index (χ0n) is 8.90. The summed E-state index contributed by atoms with van der Waals surface area (Å²) in [5.41, 5.74) is 0. The molecular weight excluding hydrogens is 202 g/mol. The highest BCUT2D eigenvalue weighted by molar-refractivity contribution is 5.84. The van der Waals surface area contributed by atoms with Crippen LogP contribution in [0.3, 0.4) is 0 Å². The second-order valence-corrected chi connectivity index (χ2v) is 3.33. The maximum absolute atomic E-state index is 11.2. The molecule has 3 N–H and O–H groups in total. The van der Waals surface area contributed by atoms with E-state index < -0.39 is 17.9 Å². The lowest BCUT2D eigenvalue weighted by Crippen LogP contribution is -2.43. The van der Waals surface area contributed by atoms with Crippen molar-refractivity contribution in [2.24, 2.45) is 0 Å². The van der Waals surface area contributed by atoms with Crippen LogP contribution >= 0.6 is 0 Å². The third kappa shape index (κ3) is 6.87. The van der Waals surface area contributed by atoms with Crippen LogP contribution in [-0.2, 0) is 14.3 Å². The van der Waals surface area contributed by atoms with Gasteiger partial charge in [-0.1, -0.05) is 0 Å². The number of aliphatic carboxylic acids is 1. The molecule has 6 nitrogen and oxygen atoms in total. The summed E-state index contributed by atoms with van der Waals surface area (Å²) in [5, 5.41) is 19.5. The molecule has 0 radical (unpaired) electrons. The Balaban J connectivity index is 3.94. The highest BCUT2D eigenvalue weighted by atomic mass is 16.5. The first-order chi connectivity index (χ1) is 6.97. The Hall–Kier alpha value is -1.14. The topological polar surface area (TPSA) is 95.9 Å². The van der Waals surface area contributed by atoms with Gasteiger partial charge in [0.2, 0.25) is 5.91 Å². The Labute approximate surface area is 88.2 Å². The van der Waals surface area contributed by atoms with Gasteiger partial charge in [-0.3, -0.25) is 4.79 Å². The number of hydrogen-bond donors (Lipinski definition) is 3. The maximum Gasteiger partial charge on any atom is 0.326 e. The van der Waals surface area contributed by atoms with Crippen LogP contribution in [-0.4, -0.2) is 47.4 Å².